The summed E-state index contributed by atoms with van der Waals surface area (Å²) < 4.78 is 0. The van der Waals surface area contributed by atoms with Gasteiger partial charge in [0.05, 0.1) is 25.4 Å². The predicted octanol–water partition coefficient (Wildman–Crippen LogP) is -5.08. The van der Waals surface area contributed by atoms with Crippen molar-refractivity contribution >= 4 is 35.9 Å². The van der Waals surface area contributed by atoms with E-state index in [0.717, 1.165) is 0 Å². The largest absolute Gasteiger partial charge is 0.394 e. The number of aliphatic hydroxyl groups is 3. The molecule has 0 aromatic carbocycles. The maximum atomic E-state index is 13.1. The number of nitrogens with two attached hydrogens (primary N) is 3. The lowest BCUT2D eigenvalue weighted by molar-refractivity contribution is -0.137. The van der Waals surface area contributed by atoms with Crippen molar-refractivity contribution < 1.29 is 39.3 Å². The van der Waals surface area contributed by atoms with Gasteiger partial charge in [-0.15, -0.1) is 0 Å². The third-order valence-corrected chi connectivity index (χ3v) is 5.66. The number of guanidine groups is 1. The molecule has 0 fully saturated rings. The third kappa shape index (κ3) is 12.3. The molecule has 13 N–H and O–H groups in total. The lowest BCUT2D eigenvalue weighted by atomic mass is 9.97. The van der Waals surface area contributed by atoms with Gasteiger partial charge < -0.3 is 58.6 Å². The fourth-order valence-corrected chi connectivity index (χ4v) is 3.12. The molecule has 7 atom stereocenters. The van der Waals surface area contributed by atoms with Gasteiger partial charge in [-0.25, -0.2) is 0 Å². The summed E-state index contributed by atoms with van der Waals surface area (Å²) in [6.07, 6.45) is -0.0388. The van der Waals surface area contributed by atoms with Crippen LogP contribution in [0, 0.1) is 5.92 Å². The minimum absolute atomic E-state index is 0.0884. The SMILES string of the molecule is CC[C@H](C)[C@H](NC(=O)[C@@H](N)CCCN=C(N)N)C(=O)N[C@H](C(=O)N[C@H](CO)C(=O)N[C@H](C=O)CO)[C@H](C)O. The maximum absolute atomic E-state index is 13.1. The van der Waals surface area contributed by atoms with E-state index in [9.17, 15) is 34.2 Å². The van der Waals surface area contributed by atoms with E-state index in [4.69, 9.17) is 22.3 Å². The van der Waals surface area contributed by atoms with Crippen molar-refractivity contribution in [2.75, 3.05) is 19.8 Å². The molecule has 0 spiro atoms. The van der Waals surface area contributed by atoms with Gasteiger partial charge in [0.2, 0.25) is 23.6 Å². The van der Waals surface area contributed by atoms with Crippen LogP contribution in [0.5, 0.6) is 0 Å². The Morgan fingerprint density at radius 3 is 1.95 bits per heavy atom. The summed E-state index contributed by atoms with van der Waals surface area (Å²) in [6, 6.07) is -6.44. The average molecular weight is 547 g/mol. The number of hydrogen-bond acceptors (Lipinski definition) is 10. The summed E-state index contributed by atoms with van der Waals surface area (Å²) in [6.45, 7) is 3.40. The van der Waals surface area contributed by atoms with E-state index >= 15 is 0 Å². The smallest absolute Gasteiger partial charge is 0.245 e. The normalized spacial score (nSPS) is 16.4. The summed E-state index contributed by atoms with van der Waals surface area (Å²) in [5.41, 5.74) is 16.4. The van der Waals surface area contributed by atoms with Crippen LogP contribution in [0.25, 0.3) is 0 Å². The highest BCUT2D eigenvalue weighted by molar-refractivity contribution is 5.95. The molecular weight excluding hydrogens is 504 g/mol. The van der Waals surface area contributed by atoms with Gasteiger partial charge in [0.25, 0.3) is 0 Å². The average Bonchev–Trinajstić information content (AvgIpc) is 2.88. The first kappa shape index (κ1) is 34.7. The minimum atomic E-state index is -1.57. The highest BCUT2D eigenvalue weighted by Crippen LogP contribution is 2.10. The van der Waals surface area contributed by atoms with Crippen molar-refractivity contribution in [3.8, 4) is 0 Å². The van der Waals surface area contributed by atoms with Crippen molar-refractivity contribution in [2.24, 2.45) is 28.1 Å². The van der Waals surface area contributed by atoms with Gasteiger partial charge in [0.15, 0.2) is 5.96 Å². The number of rotatable bonds is 18. The lowest BCUT2D eigenvalue weighted by Crippen LogP contribution is -2.62. The number of hydrogen-bond donors (Lipinski definition) is 10. The Kier molecular flexibility index (Phi) is 16.4. The Balaban J connectivity index is 5.42. The molecule has 0 heterocycles. The number of nitrogens with one attached hydrogen (secondary N) is 4. The van der Waals surface area contributed by atoms with E-state index in [1.165, 1.54) is 6.92 Å². The predicted molar refractivity (Wildman–Crippen MR) is 137 cm³/mol. The van der Waals surface area contributed by atoms with E-state index in [1.807, 2.05) is 0 Å². The maximum Gasteiger partial charge on any atom is 0.245 e. The fraction of sp³-hybridized carbons (Fsp3) is 0.727. The number of carbonyl (C=O) groups is 5. The molecule has 16 heteroatoms. The molecule has 0 saturated heterocycles. The van der Waals surface area contributed by atoms with Crippen molar-refractivity contribution in [3.05, 3.63) is 0 Å². The van der Waals surface area contributed by atoms with Crippen molar-refractivity contribution in [2.45, 2.75) is 76.3 Å². The Bertz CT molecular complexity index is 821. The van der Waals surface area contributed by atoms with E-state index in [2.05, 4.69) is 26.3 Å². The van der Waals surface area contributed by atoms with Crippen LogP contribution in [-0.4, -0.2) is 107 Å². The number of aldehydes is 1. The number of aliphatic hydroxyl groups excluding tert-OH is 3. The highest BCUT2D eigenvalue weighted by Gasteiger charge is 2.34. The van der Waals surface area contributed by atoms with Crippen LogP contribution in [0.4, 0.5) is 0 Å². The molecule has 0 bridgehead atoms. The van der Waals surface area contributed by atoms with Crippen LogP contribution in [0.1, 0.15) is 40.0 Å². The van der Waals surface area contributed by atoms with Gasteiger partial charge in [0, 0.05) is 6.54 Å². The fourth-order valence-electron chi connectivity index (χ4n) is 3.12. The second-order valence-electron chi connectivity index (χ2n) is 8.83. The molecule has 0 saturated carbocycles. The summed E-state index contributed by atoms with van der Waals surface area (Å²) in [5.74, 6) is -3.86. The summed E-state index contributed by atoms with van der Waals surface area (Å²) >= 11 is 0. The molecule has 0 aliphatic rings. The van der Waals surface area contributed by atoms with E-state index in [1.54, 1.807) is 13.8 Å². The van der Waals surface area contributed by atoms with Crippen LogP contribution >= 0.6 is 0 Å². The number of nitrogens with zero attached hydrogens (tertiary/aromatic N) is 1. The topological polar surface area (TPSA) is 285 Å². The molecule has 0 aliphatic heterocycles. The van der Waals surface area contributed by atoms with Crippen LogP contribution in [0.3, 0.4) is 0 Å². The summed E-state index contributed by atoms with van der Waals surface area (Å²) in [7, 11) is 0. The van der Waals surface area contributed by atoms with Crippen molar-refractivity contribution in [1.29, 1.82) is 0 Å². The monoisotopic (exact) mass is 546 g/mol. The van der Waals surface area contributed by atoms with Crippen LogP contribution in [0.15, 0.2) is 4.99 Å². The van der Waals surface area contributed by atoms with Crippen molar-refractivity contribution in [1.82, 2.24) is 21.3 Å². The second kappa shape index (κ2) is 18.0. The van der Waals surface area contributed by atoms with E-state index in [0.29, 0.717) is 12.8 Å². The molecule has 0 aromatic heterocycles. The molecule has 0 aliphatic carbocycles. The Morgan fingerprint density at radius 1 is 0.895 bits per heavy atom. The number of amides is 4. The Morgan fingerprint density at radius 2 is 1.47 bits per heavy atom. The molecule has 4 amide bonds. The first-order valence-corrected chi connectivity index (χ1v) is 12.2. The number of aliphatic imine (C=N–C) groups is 1. The molecule has 38 heavy (non-hydrogen) atoms. The van der Waals surface area contributed by atoms with Gasteiger partial charge in [0.1, 0.15) is 30.5 Å². The third-order valence-electron chi connectivity index (χ3n) is 5.66. The van der Waals surface area contributed by atoms with Crippen LogP contribution in [0.2, 0.25) is 0 Å². The van der Waals surface area contributed by atoms with E-state index < -0.39 is 73.2 Å². The first-order chi connectivity index (χ1) is 17.8. The first-order valence-electron chi connectivity index (χ1n) is 12.2. The second-order valence-corrected chi connectivity index (χ2v) is 8.83. The van der Waals surface area contributed by atoms with Gasteiger partial charge in [-0.3, -0.25) is 24.2 Å². The zero-order valence-corrected chi connectivity index (χ0v) is 21.9. The Labute approximate surface area is 221 Å². The molecule has 0 unspecified atom stereocenters. The standard InChI is InChI=1S/C22H42N8O8/c1-4-11(2)16(29-18(35)14(23)6-5-7-26-22(24)25)20(37)30-17(12(3)34)21(38)28-15(10-33)19(36)27-13(8-31)9-32/h8,11-17,32-34H,4-7,9-10,23H2,1-3H3,(H,27,36)(H,28,38)(H,29,35)(H,30,37)(H4,24,25,26)/t11-,12-,13+,14-,15+,16-,17-/m0/s1. The molecular formula is C22H42N8O8. The lowest BCUT2D eigenvalue weighted by Gasteiger charge is -2.29. The van der Waals surface area contributed by atoms with Gasteiger partial charge >= 0.3 is 0 Å². The quantitative estimate of drug-likeness (QED) is 0.0336. The molecule has 0 aromatic rings. The number of carbonyl (C=O) groups excluding carboxylic acids is 5. The van der Waals surface area contributed by atoms with E-state index in [-0.39, 0.29) is 31.1 Å². The van der Waals surface area contributed by atoms with Crippen molar-refractivity contribution in [3.63, 3.8) is 0 Å². The van der Waals surface area contributed by atoms with Gasteiger partial charge in [-0.05, 0) is 25.7 Å². The zero-order valence-electron chi connectivity index (χ0n) is 21.9. The summed E-state index contributed by atoms with van der Waals surface area (Å²) in [4.78, 5) is 65.3. The summed E-state index contributed by atoms with van der Waals surface area (Å²) in [5, 5.41) is 37.9. The van der Waals surface area contributed by atoms with Crippen LogP contribution in [-0.2, 0) is 24.0 Å². The Hall–Kier alpha value is -3.34. The van der Waals surface area contributed by atoms with Gasteiger partial charge in [-0.2, -0.15) is 0 Å². The van der Waals surface area contributed by atoms with Crippen LogP contribution < -0.4 is 38.5 Å². The van der Waals surface area contributed by atoms with Gasteiger partial charge in [-0.1, -0.05) is 20.3 Å². The highest BCUT2D eigenvalue weighted by atomic mass is 16.3. The molecule has 0 rings (SSSR count). The zero-order chi connectivity index (χ0) is 29.4. The molecule has 0 radical (unpaired) electrons. The molecule has 16 nitrogen and oxygen atoms in total. The molecule has 218 valence electrons. The minimum Gasteiger partial charge on any atom is -0.394 e.